The maximum Gasteiger partial charge on any atom is 0.235 e. The largest absolute Gasteiger partial charge is 0.342 e. The van der Waals surface area contributed by atoms with Crippen LogP contribution in [-0.4, -0.2) is 50.4 Å². The highest BCUT2D eigenvalue weighted by Crippen LogP contribution is 2.23. The minimum atomic E-state index is 0.118. The quantitative estimate of drug-likeness (QED) is 0.832. The molecular weight excluding hydrogens is 248 g/mol. The number of hydrogen-bond acceptors (Lipinski definition) is 4. The molecule has 1 aromatic rings. The summed E-state index contributed by atoms with van der Waals surface area (Å²) in [5.74, 6) is 0.294. The van der Waals surface area contributed by atoms with Crippen LogP contribution in [0.2, 0.25) is 0 Å². The van der Waals surface area contributed by atoms with E-state index in [1.54, 1.807) is 18.0 Å². The van der Waals surface area contributed by atoms with Crippen LogP contribution < -0.4 is 0 Å². The van der Waals surface area contributed by atoms with Gasteiger partial charge in [0.2, 0.25) is 5.91 Å². The molecule has 18 heavy (non-hydrogen) atoms. The fourth-order valence-corrected chi connectivity index (χ4v) is 3.09. The molecule has 0 bridgehead atoms. The lowest BCUT2D eigenvalue weighted by molar-refractivity contribution is -0.132. The van der Waals surface area contributed by atoms with Gasteiger partial charge in [0.1, 0.15) is 0 Å². The standard InChI is InChI=1S/C12H20N4OS/c1-3-11(18-2)12(17)15-7-4-10(5-8-15)16-9-6-13-14-16/h6,9-11H,3-5,7-8H2,1-2H3/t11-/m0/s1. The Bertz CT molecular complexity index is 369. The van der Waals surface area contributed by atoms with Crippen LogP contribution in [0.4, 0.5) is 0 Å². The highest BCUT2D eigenvalue weighted by Gasteiger charge is 2.27. The van der Waals surface area contributed by atoms with Gasteiger partial charge in [0.15, 0.2) is 0 Å². The number of rotatable bonds is 4. The summed E-state index contributed by atoms with van der Waals surface area (Å²) in [6, 6.07) is 0.394. The molecule has 1 aliphatic heterocycles. The molecule has 1 aliphatic rings. The summed E-state index contributed by atoms with van der Waals surface area (Å²) in [7, 11) is 0. The number of nitrogens with zero attached hydrogens (tertiary/aromatic N) is 4. The predicted molar refractivity (Wildman–Crippen MR) is 72.5 cm³/mol. The Morgan fingerprint density at radius 1 is 1.50 bits per heavy atom. The zero-order chi connectivity index (χ0) is 13.0. The normalized spacial score (nSPS) is 18.9. The summed E-state index contributed by atoms with van der Waals surface area (Å²) in [6.07, 6.45) is 8.47. The molecule has 1 fully saturated rings. The third-order valence-electron chi connectivity index (χ3n) is 3.52. The average molecular weight is 268 g/mol. The third kappa shape index (κ3) is 2.85. The van der Waals surface area contributed by atoms with Crippen molar-refractivity contribution in [3.8, 4) is 0 Å². The van der Waals surface area contributed by atoms with Gasteiger partial charge in [0.25, 0.3) is 0 Å². The zero-order valence-electron chi connectivity index (χ0n) is 11.0. The lowest BCUT2D eigenvalue weighted by Gasteiger charge is -2.33. The first-order chi connectivity index (χ1) is 8.76. The fourth-order valence-electron chi connectivity index (χ4n) is 2.41. The van der Waals surface area contributed by atoms with Crippen LogP contribution in [0.5, 0.6) is 0 Å². The molecule has 0 unspecified atom stereocenters. The van der Waals surface area contributed by atoms with Crippen LogP contribution in [-0.2, 0) is 4.79 Å². The number of piperidine rings is 1. The van der Waals surface area contributed by atoms with Crippen LogP contribution in [0.25, 0.3) is 0 Å². The number of thioether (sulfide) groups is 1. The van der Waals surface area contributed by atoms with E-state index in [1.807, 2.05) is 22.0 Å². The molecule has 5 nitrogen and oxygen atoms in total. The van der Waals surface area contributed by atoms with Crippen molar-refractivity contribution in [1.82, 2.24) is 19.9 Å². The van der Waals surface area contributed by atoms with E-state index in [-0.39, 0.29) is 5.25 Å². The molecule has 1 atom stereocenters. The second kappa shape index (κ2) is 6.22. The van der Waals surface area contributed by atoms with E-state index < -0.39 is 0 Å². The van der Waals surface area contributed by atoms with Crippen molar-refractivity contribution in [3.63, 3.8) is 0 Å². The van der Waals surface area contributed by atoms with Gasteiger partial charge in [0, 0.05) is 19.3 Å². The van der Waals surface area contributed by atoms with Crippen LogP contribution in [0.15, 0.2) is 12.4 Å². The average Bonchev–Trinajstić information content (AvgIpc) is 2.94. The predicted octanol–water partition coefficient (Wildman–Crippen LogP) is 1.58. The number of likely N-dealkylation sites (tertiary alicyclic amines) is 1. The Balaban J connectivity index is 1.88. The summed E-state index contributed by atoms with van der Waals surface area (Å²) >= 11 is 1.65. The van der Waals surface area contributed by atoms with E-state index >= 15 is 0 Å². The number of hydrogen-bond donors (Lipinski definition) is 0. The molecule has 1 saturated heterocycles. The van der Waals surface area contributed by atoms with Crippen molar-refractivity contribution in [3.05, 3.63) is 12.4 Å². The molecular formula is C12H20N4OS. The number of amides is 1. The summed E-state index contributed by atoms with van der Waals surface area (Å²) in [4.78, 5) is 14.2. The molecule has 100 valence electrons. The Labute approximate surface area is 112 Å². The van der Waals surface area contributed by atoms with Crippen molar-refractivity contribution >= 4 is 17.7 Å². The number of carbonyl (C=O) groups is 1. The smallest absolute Gasteiger partial charge is 0.235 e. The molecule has 0 N–H and O–H groups in total. The molecule has 6 heteroatoms. The van der Waals surface area contributed by atoms with E-state index in [2.05, 4.69) is 17.2 Å². The van der Waals surface area contributed by atoms with Crippen molar-refractivity contribution in [2.75, 3.05) is 19.3 Å². The van der Waals surface area contributed by atoms with Gasteiger partial charge in [0.05, 0.1) is 17.5 Å². The van der Waals surface area contributed by atoms with E-state index in [9.17, 15) is 4.79 Å². The van der Waals surface area contributed by atoms with Crippen molar-refractivity contribution < 1.29 is 4.79 Å². The van der Waals surface area contributed by atoms with Gasteiger partial charge in [-0.05, 0) is 25.5 Å². The molecule has 0 aromatic carbocycles. The highest BCUT2D eigenvalue weighted by molar-refractivity contribution is 7.99. The molecule has 0 radical (unpaired) electrons. The van der Waals surface area contributed by atoms with Crippen LogP contribution in [0.3, 0.4) is 0 Å². The van der Waals surface area contributed by atoms with Crippen LogP contribution in [0.1, 0.15) is 32.2 Å². The lowest BCUT2D eigenvalue weighted by Crippen LogP contribution is -2.43. The van der Waals surface area contributed by atoms with Crippen molar-refractivity contribution in [2.45, 2.75) is 37.5 Å². The molecule has 0 aliphatic carbocycles. The Morgan fingerprint density at radius 3 is 2.72 bits per heavy atom. The Morgan fingerprint density at radius 2 is 2.22 bits per heavy atom. The molecule has 0 spiro atoms. The second-order valence-electron chi connectivity index (χ2n) is 4.57. The number of aromatic nitrogens is 3. The lowest BCUT2D eigenvalue weighted by atomic mass is 10.0. The SMILES string of the molecule is CC[C@H](SC)C(=O)N1CCC(n2ccnn2)CC1. The summed E-state index contributed by atoms with van der Waals surface area (Å²) < 4.78 is 1.91. The zero-order valence-corrected chi connectivity index (χ0v) is 11.8. The second-order valence-corrected chi connectivity index (χ2v) is 5.61. The summed E-state index contributed by atoms with van der Waals surface area (Å²) in [6.45, 7) is 3.74. The minimum Gasteiger partial charge on any atom is -0.342 e. The van der Waals surface area contributed by atoms with Gasteiger partial charge in [-0.3, -0.25) is 4.79 Å². The monoisotopic (exact) mass is 268 g/mol. The third-order valence-corrected chi connectivity index (χ3v) is 4.63. The van der Waals surface area contributed by atoms with Gasteiger partial charge in [-0.15, -0.1) is 5.10 Å². The molecule has 2 heterocycles. The van der Waals surface area contributed by atoms with Gasteiger partial charge in [-0.1, -0.05) is 12.1 Å². The van der Waals surface area contributed by atoms with Gasteiger partial charge >= 0.3 is 0 Å². The highest BCUT2D eigenvalue weighted by atomic mass is 32.2. The maximum atomic E-state index is 12.2. The summed E-state index contributed by atoms with van der Waals surface area (Å²) in [5.41, 5.74) is 0. The fraction of sp³-hybridized carbons (Fsp3) is 0.750. The Hall–Kier alpha value is -1.04. The van der Waals surface area contributed by atoms with Crippen molar-refractivity contribution in [1.29, 1.82) is 0 Å². The van der Waals surface area contributed by atoms with Crippen LogP contribution in [0, 0.1) is 0 Å². The Kier molecular flexibility index (Phi) is 4.63. The van der Waals surface area contributed by atoms with E-state index in [0.717, 1.165) is 32.4 Å². The van der Waals surface area contributed by atoms with Gasteiger partial charge in [-0.25, -0.2) is 4.68 Å². The van der Waals surface area contributed by atoms with Crippen molar-refractivity contribution in [2.24, 2.45) is 0 Å². The first kappa shape index (κ1) is 13.4. The van der Waals surface area contributed by atoms with Gasteiger partial charge in [-0.2, -0.15) is 11.8 Å². The molecule has 1 amide bonds. The minimum absolute atomic E-state index is 0.118. The molecule has 0 saturated carbocycles. The number of carbonyl (C=O) groups excluding carboxylic acids is 1. The molecule has 2 rings (SSSR count). The maximum absolute atomic E-state index is 12.2. The topological polar surface area (TPSA) is 51.0 Å². The van der Waals surface area contributed by atoms with Gasteiger partial charge < -0.3 is 4.90 Å². The van der Waals surface area contributed by atoms with E-state index in [0.29, 0.717) is 11.9 Å². The van der Waals surface area contributed by atoms with E-state index in [1.165, 1.54) is 0 Å². The molecule has 1 aromatic heterocycles. The van der Waals surface area contributed by atoms with Crippen LogP contribution >= 0.6 is 11.8 Å². The van der Waals surface area contributed by atoms with E-state index in [4.69, 9.17) is 0 Å². The first-order valence-corrected chi connectivity index (χ1v) is 7.72. The first-order valence-electron chi connectivity index (χ1n) is 6.43. The summed E-state index contributed by atoms with van der Waals surface area (Å²) in [5, 5.41) is 7.99.